The van der Waals surface area contributed by atoms with Crippen molar-refractivity contribution in [1.29, 1.82) is 0 Å². The Bertz CT molecular complexity index is 941. The molecule has 3 nitrogen and oxygen atoms in total. The third-order valence-corrected chi connectivity index (χ3v) is 6.32. The highest BCUT2D eigenvalue weighted by Gasteiger charge is 2.30. The summed E-state index contributed by atoms with van der Waals surface area (Å²) in [7, 11) is 0. The molecule has 0 spiro atoms. The van der Waals surface area contributed by atoms with Gasteiger partial charge in [0, 0.05) is 17.0 Å². The van der Waals surface area contributed by atoms with Crippen LogP contribution in [0.3, 0.4) is 0 Å². The third kappa shape index (κ3) is 8.38. The molecule has 0 bridgehead atoms. The average Bonchev–Trinajstić information content (AvgIpc) is 3.27. The maximum Gasteiger partial charge on any atom is 0.309 e. The van der Waals surface area contributed by atoms with Crippen LogP contribution >= 0.6 is 0 Å². The standard InChI is InChI=1S/C21H23F3O2.C8H16O/c1-4-15-8-7-10-17(19(15)20(25)14(2)3)16-9-5-6-11-18(16)26-13-21(23,24)12-22;1-2-3-7-4-5-8(9)6-7/h5-11,14H,4,12-13H2,1-3H3;7-9H,2-6H2,1H3. The number of ether oxygens (including phenoxy) is 1. The van der Waals surface area contributed by atoms with E-state index in [2.05, 4.69) is 6.92 Å². The van der Waals surface area contributed by atoms with E-state index in [4.69, 9.17) is 9.84 Å². The summed E-state index contributed by atoms with van der Waals surface area (Å²) in [6.45, 7) is 4.98. The summed E-state index contributed by atoms with van der Waals surface area (Å²) in [5.74, 6) is -2.72. The van der Waals surface area contributed by atoms with Gasteiger partial charge in [0.1, 0.15) is 5.75 Å². The van der Waals surface area contributed by atoms with Crippen LogP contribution in [0.15, 0.2) is 42.5 Å². The minimum absolute atomic E-state index is 0.0126. The summed E-state index contributed by atoms with van der Waals surface area (Å²) in [6.07, 6.45) is 6.66. The molecule has 0 radical (unpaired) electrons. The molecule has 194 valence electrons. The zero-order valence-electron chi connectivity index (χ0n) is 21.3. The van der Waals surface area contributed by atoms with Gasteiger partial charge in [0.25, 0.3) is 0 Å². The van der Waals surface area contributed by atoms with Crippen molar-refractivity contribution in [2.75, 3.05) is 13.3 Å². The Balaban J connectivity index is 0.000000402. The van der Waals surface area contributed by atoms with E-state index in [1.807, 2.05) is 32.9 Å². The zero-order valence-corrected chi connectivity index (χ0v) is 21.3. The highest BCUT2D eigenvalue weighted by molar-refractivity contribution is 6.05. The van der Waals surface area contributed by atoms with E-state index in [0.717, 1.165) is 24.3 Å². The second kappa shape index (κ2) is 13.7. The largest absolute Gasteiger partial charge is 0.487 e. The Morgan fingerprint density at radius 3 is 2.34 bits per heavy atom. The predicted octanol–water partition coefficient (Wildman–Crippen LogP) is 7.69. The maximum absolute atomic E-state index is 13.3. The number of ketones is 1. The molecule has 3 rings (SSSR count). The lowest BCUT2D eigenvalue weighted by molar-refractivity contribution is -0.0583. The van der Waals surface area contributed by atoms with Crippen molar-refractivity contribution in [2.45, 2.75) is 78.2 Å². The second-order valence-electron chi connectivity index (χ2n) is 9.61. The number of alkyl halides is 3. The van der Waals surface area contributed by atoms with Crippen molar-refractivity contribution in [1.82, 2.24) is 0 Å². The molecule has 1 fully saturated rings. The van der Waals surface area contributed by atoms with Crippen molar-refractivity contribution in [3.63, 3.8) is 0 Å². The lowest BCUT2D eigenvalue weighted by atomic mass is 9.87. The van der Waals surface area contributed by atoms with Crippen LogP contribution in [0, 0.1) is 11.8 Å². The van der Waals surface area contributed by atoms with Crippen molar-refractivity contribution in [2.24, 2.45) is 11.8 Å². The lowest BCUT2D eigenvalue weighted by Crippen LogP contribution is -2.28. The SMILES string of the molecule is CCCC1CCC(O)C1.CCc1cccc(-c2ccccc2OCC(F)(F)CF)c1C(=O)C(C)C. The van der Waals surface area contributed by atoms with Gasteiger partial charge in [-0.05, 0) is 48.8 Å². The molecule has 0 heterocycles. The monoisotopic (exact) mass is 492 g/mol. The van der Waals surface area contributed by atoms with Gasteiger partial charge in [0.2, 0.25) is 0 Å². The van der Waals surface area contributed by atoms with E-state index >= 15 is 0 Å². The van der Waals surface area contributed by atoms with Gasteiger partial charge in [-0.1, -0.05) is 76.9 Å². The Morgan fingerprint density at radius 1 is 1.09 bits per heavy atom. The fraction of sp³-hybridized carbons (Fsp3) is 0.552. The van der Waals surface area contributed by atoms with E-state index in [-0.39, 0.29) is 23.6 Å². The van der Waals surface area contributed by atoms with Crippen LogP contribution < -0.4 is 4.74 Å². The number of carbonyl (C=O) groups excluding carboxylic acids is 1. The second-order valence-corrected chi connectivity index (χ2v) is 9.61. The normalized spacial score (nSPS) is 17.7. The van der Waals surface area contributed by atoms with Gasteiger partial charge >= 0.3 is 5.92 Å². The van der Waals surface area contributed by atoms with Gasteiger partial charge in [-0.2, -0.15) is 8.78 Å². The van der Waals surface area contributed by atoms with Crippen LogP contribution in [0.5, 0.6) is 5.75 Å². The number of benzene rings is 2. The fourth-order valence-corrected chi connectivity index (χ4v) is 4.45. The highest BCUT2D eigenvalue weighted by atomic mass is 19.3. The summed E-state index contributed by atoms with van der Waals surface area (Å²) in [5.41, 5.74) is 2.66. The molecular formula is C29H39F3O3. The molecule has 35 heavy (non-hydrogen) atoms. The first kappa shape index (κ1) is 28.9. The quantitative estimate of drug-likeness (QED) is 0.346. The molecule has 1 aliphatic rings. The van der Waals surface area contributed by atoms with E-state index < -0.39 is 19.2 Å². The number of aryl methyl sites for hydroxylation is 1. The van der Waals surface area contributed by atoms with Gasteiger partial charge in [-0.25, -0.2) is 4.39 Å². The molecule has 0 aliphatic heterocycles. The lowest BCUT2D eigenvalue weighted by Gasteiger charge is -2.19. The van der Waals surface area contributed by atoms with Gasteiger partial charge < -0.3 is 9.84 Å². The average molecular weight is 493 g/mol. The summed E-state index contributed by atoms with van der Waals surface area (Å²) < 4.78 is 44.1. The molecule has 0 amide bonds. The smallest absolute Gasteiger partial charge is 0.309 e. The van der Waals surface area contributed by atoms with Gasteiger partial charge in [-0.3, -0.25) is 4.79 Å². The Morgan fingerprint density at radius 2 is 1.77 bits per heavy atom. The molecule has 2 aromatic rings. The molecule has 2 unspecified atom stereocenters. The van der Waals surface area contributed by atoms with Crippen molar-refractivity contribution in [3.05, 3.63) is 53.6 Å². The van der Waals surface area contributed by atoms with E-state index in [0.29, 0.717) is 23.1 Å². The number of aliphatic hydroxyl groups excluding tert-OH is 1. The van der Waals surface area contributed by atoms with Crippen LogP contribution in [0.2, 0.25) is 0 Å². The third-order valence-electron chi connectivity index (χ3n) is 6.32. The number of halogens is 3. The van der Waals surface area contributed by atoms with Crippen molar-refractivity contribution >= 4 is 5.78 Å². The van der Waals surface area contributed by atoms with E-state index in [1.54, 1.807) is 30.3 Å². The number of Topliss-reactive ketones (excluding diaryl/α,β-unsaturated/α-hetero) is 1. The molecule has 0 aromatic heterocycles. The van der Waals surface area contributed by atoms with E-state index in [1.165, 1.54) is 19.3 Å². The van der Waals surface area contributed by atoms with Crippen molar-refractivity contribution in [3.8, 4) is 16.9 Å². The molecular weight excluding hydrogens is 453 g/mol. The summed E-state index contributed by atoms with van der Waals surface area (Å²) in [6, 6.07) is 12.2. The summed E-state index contributed by atoms with van der Waals surface area (Å²) in [5, 5.41) is 9.13. The van der Waals surface area contributed by atoms with Crippen LogP contribution in [-0.2, 0) is 6.42 Å². The Kier molecular flexibility index (Phi) is 11.3. The minimum Gasteiger partial charge on any atom is -0.487 e. The summed E-state index contributed by atoms with van der Waals surface area (Å²) >= 11 is 0. The Hall–Kier alpha value is -2.34. The highest BCUT2D eigenvalue weighted by Crippen LogP contribution is 2.36. The van der Waals surface area contributed by atoms with Gasteiger partial charge in [-0.15, -0.1) is 0 Å². The number of hydrogen-bond donors (Lipinski definition) is 1. The first-order valence-electron chi connectivity index (χ1n) is 12.6. The molecule has 1 aliphatic carbocycles. The predicted molar refractivity (Wildman–Crippen MR) is 135 cm³/mol. The van der Waals surface area contributed by atoms with Crippen molar-refractivity contribution < 1.29 is 27.8 Å². The number of para-hydroxylation sites is 1. The number of hydrogen-bond acceptors (Lipinski definition) is 3. The topological polar surface area (TPSA) is 46.5 Å². The molecule has 6 heteroatoms. The van der Waals surface area contributed by atoms with Gasteiger partial charge in [0.05, 0.1) is 6.10 Å². The molecule has 2 aromatic carbocycles. The van der Waals surface area contributed by atoms with Crippen LogP contribution in [0.1, 0.15) is 75.7 Å². The first-order valence-corrected chi connectivity index (χ1v) is 12.6. The van der Waals surface area contributed by atoms with Gasteiger partial charge in [0.15, 0.2) is 19.1 Å². The first-order chi connectivity index (χ1) is 16.6. The van der Waals surface area contributed by atoms with Crippen LogP contribution in [0.25, 0.3) is 11.1 Å². The molecule has 2 atom stereocenters. The zero-order chi connectivity index (χ0) is 26.0. The maximum atomic E-state index is 13.3. The number of aliphatic hydroxyl groups is 1. The van der Waals surface area contributed by atoms with Crippen LogP contribution in [0.4, 0.5) is 13.2 Å². The number of carbonyl (C=O) groups is 1. The summed E-state index contributed by atoms with van der Waals surface area (Å²) in [4.78, 5) is 12.8. The number of rotatable bonds is 10. The Labute approximate surface area is 207 Å². The molecule has 1 N–H and O–H groups in total. The fourth-order valence-electron chi connectivity index (χ4n) is 4.45. The minimum atomic E-state index is -3.55. The van der Waals surface area contributed by atoms with Crippen LogP contribution in [-0.4, -0.2) is 36.2 Å². The molecule has 1 saturated carbocycles. The van der Waals surface area contributed by atoms with E-state index in [9.17, 15) is 18.0 Å². The molecule has 0 saturated heterocycles.